The van der Waals surface area contributed by atoms with E-state index in [1.54, 1.807) is 52.8 Å². The number of aliphatic hydroxyl groups is 1. The third kappa shape index (κ3) is 3.72. The molecule has 2 bridgehead atoms. The summed E-state index contributed by atoms with van der Waals surface area (Å²) in [7, 11) is 0. The van der Waals surface area contributed by atoms with E-state index in [0.717, 1.165) is 0 Å². The maximum absolute atomic E-state index is 13.8. The van der Waals surface area contributed by atoms with Gasteiger partial charge in [-0.15, -0.1) is 0 Å². The number of halogens is 1. The molecule has 0 spiro atoms. The minimum atomic E-state index is -0.763. The smallest absolute Gasteiger partial charge is 0.273 e. The highest BCUT2D eigenvalue weighted by Crippen LogP contribution is 2.49. The van der Waals surface area contributed by atoms with Gasteiger partial charge in [0.15, 0.2) is 0 Å². The molecule has 0 saturated carbocycles. The molecule has 0 unspecified atom stereocenters. The van der Waals surface area contributed by atoms with Crippen molar-refractivity contribution in [2.75, 3.05) is 13.2 Å². The highest BCUT2D eigenvalue weighted by molar-refractivity contribution is 5.94. The molecular weight excluding hydrogens is 451 g/mol. The summed E-state index contributed by atoms with van der Waals surface area (Å²) in [5.74, 6) is -2.41. The number of rotatable bonds is 5. The van der Waals surface area contributed by atoms with E-state index in [0.29, 0.717) is 23.4 Å². The summed E-state index contributed by atoms with van der Waals surface area (Å²) in [6.45, 7) is 1.97. The van der Waals surface area contributed by atoms with Gasteiger partial charge in [-0.1, -0.05) is 18.2 Å². The quantitative estimate of drug-likeness (QED) is 0.586. The summed E-state index contributed by atoms with van der Waals surface area (Å²) in [4.78, 5) is 46.1. The number of hydrogen-bond donors (Lipinski definition) is 2. The lowest BCUT2D eigenvalue weighted by molar-refractivity contribution is -0.127. The van der Waals surface area contributed by atoms with E-state index in [1.165, 1.54) is 24.4 Å². The van der Waals surface area contributed by atoms with E-state index in [2.05, 4.69) is 10.3 Å². The molecule has 180 valence electrons. The van der Waals surface area contributed by atoms with Crippen LogP contribution < -0.4 is 10.9 Å². The van der Waals surface area contributed by atoms with Gasteiger partial charge in [-0.2, -0.15) is 0 Å². The second-order valence-electron chi connectivity index (χ2n) is 8.80. The molecule has 2 amide bonds. The number of aromatic nitrogens is 2. The van der Waals surface area contributed by atoms with Gasteiger partial charge >= 0.3 is 0 Å². The van der Waals surface area contributed by atoms with Crippen LogP contribution in [0, 0.1) is 17.7 Å². The molecule has 2 aliphatic rings. The fraction of sp³-hybridized carbons (Fsp3) is 0.308. The molecule has 1 fully saturated rings. The van der Waals surface area contributed by atoms with Crippen molar-refractivity contribution < 1.29 is 19.1 Å². The van der Waals surface area contributed by atoms with E-state index in [9.17, 15) is 23.9 Å². The number of carbonyl (C=O) groups excluding carboxylic acids is 2. The zero-order valence-corrected chi connectivity index (χ0v) is 19.1. The van der Waals surface area contributed by atoms with Crippen molar-refractivity contribution in [3.05, 3.63) is 88.4 Å². The van der Waals surface area contributed by atoms with Gasteiger partial charge in [0.05, 0.1) is 18.0 Å². The van der Waals surface area contributed by atoms with Gasteiger partial charge in [-0.3, -0.25) is 19.4 Å². The predicted octanol–water partition coefficient (Wildman–Crippen LogP) is 1.99. The molecule has 2 aromatic heterocycles. The number of aliphatic hydroxyl groups excluding tert-OH is 1. The van der Waals surface area contributed by atoms with Crippen LogP contribution in [0.25, 0.3) is 11.1 Å². The molecule has 1 aromatic carbocycles. The lowest BCUT2D eigenvalue weighted by Gasteiger charge is -2.38. The van der Waals surface area contributed by atoms with Gasteiger partial charge in [0.1, 0.15) is 11.5 Å². The van der Waals surface area contributed by atoms with Crippen LogP contribution in [0.4, 0.5) is 4.39 Å². The second kappa shape index (κ2) is 9.07. The number of nitrogens with zero attached hydrogens (tertiary/aromatic N) is 3. The van der Waals surface area contributed by atoms with Gasteiger partial charge < -0.3 is 19.9 Å². The molecule has 2 N–H and O–H groups in total. The summed E-state index contributed by atoms with van der Waals surface area (Å²) in [5, 5.41) is 13.1. The number of benzene rings is 1. The standard InChI is InChI=1S/C26H25FN4O4/c1-2-28-24(33)22-18(14-32)21-13-30-20(23(22)31(21)26(35)19-8-3-4-11-29-19)10-9-17(25(30)34)15-6-5-7-16(27)12-15/h3-12,18,21-23,32H,2,13-14H2,1H3,(H,28,33)/t18-,21-,22+,23+/m0/s1. The Morgan fingerprint density at radius 3 is 2.69 bits per heavy atom. The first-order valence-corrected chi connectivity index (χ1v) is 11.6. The van der Waals surface area contributed by atoms with Crippen LogP contribution in [0.5, 0.6) is 0 Å². The van der Waals surface area contributed by atoms with Gasteiger partial charge in [-0.05, 0) is 48.9 Å². The maximum atomic E-state index is 13.8. The summed E-state index contributed by atoms with van der Waals surface area (Å²) < 4.78 is 15.4. The van der Waals surface area contributed by atoms with Crippen LogP contribution in [0.3, 0.4) is 0 Å². The zero-order valence-electron chi connectivity index (χ0n) is 19.1. The number of fused-ring (bicyclic) bond motifs is 4. The molecular formula is C26H25FN4O4. The molecule has 2 aliphatic heterocycles. The topological polar surface area (TPSA) is 105 Å². The van der Waals surface area contributed by atoms with Crippen molar-refractivity contribution >= 4 is 11.8 Å². The average Bonchev–Trinajstić information content (AvgIpc) is 3.11. The first-order valence-electron chi connectivity index (χ1n) is 11.6. The van der Waals surface area contributed by atoms with Crippen molar-refractivity contribution in [2.24, 2.45) is 11.8 Å². The van der Waals surface area contributed by atoms with Crippen molar-refractivity contribution in [2.45, 2.75) is 25.6 Å². The van der Waals surface area contributed by atoms with Gasteiger partial charge in [0, 0.05) is 43.1 Å². The number of pyridine rings is 2. The van der Waals surface area contributed by atoms with E-state index in [1.807, 2.05) is 0 Å². The molecule has 1 saturated heterocycles. The molecule has 3 aromatic rings. The minimum Gasteiger partial charge on any atom is -0.396 e. The lowest BCUT2D eigenvalue weighted by Crippen LogP contribution is -2.49. The van der Waals surface area contributed by atoms with E-state index < -0.39 is 29.7 Å². The zero-order chi connectivity index (χ0) is 24.7. The summed E-state index contributed by atoms with van der Waals surface area (Å²) in [6, 6.07) is 12.8. The predicted molar refractivity (Wildman–Crippen MR) is 126 cm³/mol. The molecule has 0 radical (unpaired) electrons. The van der Waals surface area contributed by atoms with Crippen molar-refractivity contribution in [1.29, 1.82) is 0 Å². The highest BCUT2D eigenvalue weighted by Gasteiger charge is 2.57. The SMILES string of the molecule is CCNC(=O)[C@@H]1[C@@H](CO)[C@@H]2Cn3c(ccc(-c4cccc(F)c4)c3=O)[C@H]1N2C(=O)c1ccccn1. The summed E-state index contributed by atoms with van der Waals surface area (Å²) in [6.07, 6.45) is 1.52. The van der Waals surface area contributed by atoms with Crippen molar-refractivity contribution in [3.8, 4) is 11.1 Å². The molecule has 8 nitrogen and oxygen atoms in total. The van der Waals surface area contributed by atoms with Crippen LogP contribution >= 0.6 is 0 Å². The van der Waals surface area contributed by atoms with Crippen LogP contribution in [-0.4, -0.2) is 50.6 Å². The van der Waals surface area contributed by atoms with Crippen LogP contribution in [-0.2, 0) is 11.3 Å². The highest BCUT2D eigenvalue weighted by atomic mass is 19.1. The fourth-order valence-corrected chi connectivity index (χ4v) is 5.47. The third-order valence-electron chi connectivity index (χ3n) is 6.95. The normalized spacial score (nSPS) is 22.5. The average molecular weight is 477 g/mol. The number of amides is 2. The van der Waals surface area contributed by atoms with Gasteiger partial charge in [-0.25, -0.2) is 4.39 Å². The Morgan fingerprint density at radius 1 is 1.17 bits per heavy atom. The molecule has 5 rings (SSSR count). The van der Waals surface area contributed by atoms with E-state index in [4.69, 9.17) is 0 Å². The Kier molecular flexibility index (Phi) is 5.94. The van der Waals surface area contributed by atoms with Gasteiger partial charge in [0.25, 0.3) is 11.5 Å². The number of hydrogen-bond acceptors (Lipinski definition) is 5. The monoisotopic (exact) mass is 476 g/mol. The Labute approximate surface area is 201 Å². The van der Waals surface area contributed by atoms with Crippen LogP contribution in [0.1, 0.15) is 29.1 Å². The first-order chi connectivity index (χ1) is 17.0. The first kappa shape index (κ1) is 22.9. The Bertz CT molecular complexity index is 1340. The third-order valence-corrected chi connectivity index (χ3v) is 6.95. The fourth-order valence-electron chi connectivity index (χ4n) is 5.47. The van der Waals surface area contributed by atoms with Crippen LogP contribution in [0.15, 0.2) is 65.6 Å². The Balaban J connectivity index is 1.67. The second-order valence-corrected chi connectivity index (χ2v) is 8.80. The Hall–Kier alpha value is -3.85. The molecule has 4 heterocycles. The van der Waals surface area contributed by atoms with Crippen LogP contribution in [0.2, 0.25) is 0 Å². The largest absolute Gasteiger partial charge is 0.396 e. The lowest BCUT2D eigenvalue weighted by atomic mass is 9.86. The summed E-state index contributed by atoms with van der Waals surface area (Å²) >= 11 is 0. The molecule has 9 heteroatoms. The van der Waals surface area contributed by atoms with Crippen molar-refractivity contribution in [1.82, 2.24) is 19.8 Å². The van der Waals surface area contributed by atoms with E-state index >= 15 is 0 Å². The Morgan fingerprint density at radius 2 is 2.00 bits per heavy atom. The molecule has 35 heavy (non-hydrogen) atoms. The minimum absolute atomic E-state index is 0.105. The van der Waals surface area contributed by atoms with Gasteiger partial charge in [0.2, 0.25) is 5.91 Å². The maximum Gasteiger partial charge on any atom is 0.273 e. The summed E-state index contributed by atoms with van der Waals surface area (Å²) in [5.41, 5.74) is 1.17. The molecule has 4 atom stereocenters. The molecule has 0 aliphatic carbocycles. The number of carbonyl (C=O) groups is 2. The number of nitrogens with one attached hydrogen (secondary N) is 1. The van der Waals surface area contributed by atoms with Crippen molar-refractivity contribution in [3.63, 3.8) is 0 Å². The van der Waals surface area contributed by atoms with E-state index in [-0.39, 0.29) is 36.2 Å².